The first-order valence-electron chi connectivity index (χ1n) is 6.16. The average molecular weight is 244 g/mol. The maximum absolute atomic E-state index is 5.72. The van der Waals surface area contributed by atoms with Crippen LogP contribution in [0.4, 0.5) is 0 Å². The zero-order valence-electron chi connectivity index (χ0n) is 10.1. The highest BCUT2D eigenvalue weighted by Crippen LogP contribution is 2.18. The fourth-order valence-electron chi connectivity index (χ4n) is 2.19. The molecular formula is C13H16N4O. The molecule has 3 heterocycles. The van der Waals surface area contributed by atoms with Gasteiger partial charge in [0, 0.05) is 31.0 Å². The molecular weight excluding hydrogens is 228 g/mol. The van der Waals surface area contributed by atoms with Crippen LogP contribution in [0.5, 0.6) is 0 Å². The standard InChI is InChI=1S/C13H16N4O/c1-3-14-4-2-11(1)13-8-16-10-17(13)9-12-7-15-5-6-18-12/h1-4,8,10,12,15H,5-7,9H2. The van der Waals surface area contributed by atoms with Crippen LogP contribution in [0.3, 0.4) is 0 Å². The van der Waals surface area contributed by atoms with Crippen molar-refractivity contribution < 1.29 is 4.74 Å². The van der Waals surface area contributed by atoms with Gasteiger partial charge in [0.15, 0.2) is 0 Å². The summed E-state index contributed by atoms with van der Waals surface area (Å²) in [7, 11) is 0. The van der Waals surface area contributed by atoms with Crippen molar-refractivity contribution in [3.8, 4) is 11.3 Å². The zero-order chi connectivity index (χ0) is 12.2. The first-order chi connectivity index (χ1) is 8.93. The number of ether oxygens (including phenoxy) is 1. The molecule has 18 heavy (non-hydrogen) atoms. The van der Waals surface area contributed by atoms with Crippen LogP contribution < -0.4 is 5.32 Å². The summed E-state index contributed by atoms with van der Waals surface area (Å²) >= 11 is 0. The summed E-state index contributed by atoms with van der Waals surface area (Å²) in [6.45, 7) is 3.44. The number of rotatable bonds is 3. The van der Waals surface area contributed by atoms with Crippen LogP contribution in [0.2, 0.25) is 0 Å². The van der Waals surface area contributed by atoms with Gasteiger partial charge in [0.1, 0.15) is 0 Å². The van der Waals surface area contributed by atoms with E-state index in [1.54, 1.807) is 12.4 Å². The van der Waals surface area contributed by atoms with Gasteiger partial charge >= 0.3 is 0 Å². The number of pyridine rings is 1. The highest BCUT2D eigenvalue weighted by molar-refractivity contribution is 5.57. The molecule has 1 fully saturated rings. The van der Waals surface area contributed by atoms with Gasteiger partial charge in [-0.25, -0.2) is 4.98 Å². The molecule has 94 valence electrons. The Kier molecular flexibility index (Phi) is 3.34. The van der Waals surface area contributed by atoms with E-state index >= 15 is 0 Å². The topological polar surface area (TPSA) is 52.0 Å². The molecule has 1 N–H and O–H groups in total. The van der Waals surface area contributed by atoms with Crippen LogP contribution in [-0.2, 0) is 11.3 Å². The van der Waals surface area contributed by atoms with Crippen molar-refractivity contribution in [3.63, 3.8) is 0 Å². The Morgan fingerprint density at radius 3 is 3.00 bits per heavy atom. The Balaban J connectivity index is 1.79. The van der Waals surface area contributed by atoms with E-state index in [9.17, 15) is 0 Å². The lowest BCUT2D eigenvalue weighted by Gasteiger charge is -2.24. The molecule has 0 bridgehead atoms. The molecule has 0 aliphatic carbocycles. The summed E-state index contributed by atoms with van der Waals surface area (Å²) in [4.78, 5) is 8.27. The molecule has 5 nitrogen and oxygen atoms in total. The normalized spacial score (nSPS) is 19.9. The smallest absolute Gasteiger partial charge is 0.0951 e. The van der Waals surface area contributed by atoms with Crippen LogP contribution in [0, 0.1) is 0 Å². The Bertz CT molecular complexity index is 491. The molecule has 1 atom stereocenters. The van der Waals surface area contributed by atoms with Gasteiger partial charge < -0.3 is 14.6 Å². The van der Waals surface area contributed by atoms with Crippen LogP contribution in [0.1, 0.15) is 0 Å². The predicted molar refractivity (Wildman–Crippen MR) is 68.1 cm³/mol. The SMILES string of the molecule is c1cc(-c2cncn2CC2CNCCO2)ccn1. The van der Waals surface area contributed by atoms with E-state index in [0.29, 0.717) is 0 Å². The Labute approximate surface area is 106 Å². The zero-order valence-corrected chi connectivity index (χ0v) is 10.1. The van der Waals surface area contributed by atoms with Crippen molar-refractivity contribution >= 4 is 0 Å². The fraction of sp³-hybridized carbons (Fsp3) is 0.385. The quantitative estimate of drug-likeness (QED) is 0.873. The molecule has 0 spiro atoms. The van der Waals surface area contributed by atoms with Crippen LogP contribution >= 0.6 is 0 Å². The second-order valence-corrected chi connectivity index (χ2v) is 4.36. The van der Waals surface area contributed by atoms with E-state index < -0.39 is 0 Å². The molecule has 1 aliphatic rings. The highest BCUT2D eigenvalue weighted by atomic mass is 16.5. The molecule has 1 unspecified atom stereocenters. The van der Waals surface area contributed by atoms with Gasteiger partial charge in [0.2, 0.25) is 0 Å². The second kappa shape index (κ2) is 5.29. The Morgan fingerprint density at radius 1 is 1.33 bits per heavy atom. The van der Waals surface area contributed by atoms with Crippen molar-refractivity contribution in [2.45, 2.75) is 12.6 Å². The summed E-state index contributed by atoms with van der Waals surface area (Å²) < 4.78 is 7.85. The van der Waals surface area contributed by atoms with Gasteiger partial charge in [0.25, 0.3) is 0 Å². The summed E-state index contributed by atoms with van der Waals surface area (Å²) in [5.41, 5.74) is 2.23. The van der Waals surface area contributed by atoms with Crippen LogP contribution in [-0.4, -0.2) is 40.3 Å². The van der Waals surface area contributed by atoms with E-state index in [0.717, 1.165) is 37.5 Å². The summed E-state index contributed by atoms with van der Waals surface area (Å²) in [5, 5.41) is 3.34. The van der Waals surface area contributed by atoms with Gasteiger partial charge in [-0.1, -0.05) is 0 Å². The molecule has 2 aromatic rings. The highest BCUT2D eigenvalue weighted by Gasteiger charge is 2.15. The minimum Gasteiger partial charge on any atom is -0.374 e. The lowest BCUT2D eigenvalue weighted by molar-refractivity contribution is 0.0184. The lowest BCUT2D eigenvalue weighted by Crippen LogP contribution is -2.40. The van der Waals surface area contributed by atoms with Gasteiger partial charge in [-0.2, -0.15) is 0 Å². The largest absolute Gasteiger partial charge is 0.374 e. The predicted octanol–water partition coefficient (Wildman–Crippen LogP) is 0.933. The first-order valence-corrected chi connectivity index (χ1v) is 6.16. The number of nitrogens with zero attached hydrogens (tertiary/aromatic N) is 3. The molecule has 1 aliphatic heterocycles. The lowest BCUT2D eigenvalue weighted by atomic mass is 10.2. The number of hydrogen-bond donors (Lipinski definition) is 1. The molecule has 0 aromatic carbocycles. The number of imidazole rings is 1. The maximum Gasteiger partial charge on any atom is 0.0951 e. The van der Waals surface area contributed by atoms with Crippen molar-refractivity contribution in [2.75, 3.05) is 19.7 Å². The summed E-state index contributed by atoms with van der Waals surface area (Å²) in [6.07, 6.45) is 7.55. The van der Waals surface area contributed by atoms with Gasteiger partial charge in [-0.05, 0) is 12.1 Å². The molecule has 0 saturated carbocycles. The van der Waals surface area contributed by atoms with E-state index in [2.05, 4.69) is 19.9 Å². The van der Waals surface area contributed by atoms with Crippen molar-refractivity contribution in [3.05, 3.63) is 37.1 Å². The summed E-state index contributed by atoms with van der Waals surface area (Å²) in [5.74, 6) is 0. The minimum absolute atomic E-state index is 0.216. The van der Waals surface area contributed by atoms with Crippen LogP contribution in [0.15, 0.2) is 37.1 Å². The second-order valence-electron chi connectivity index (χ2n) is 4.36. The van der Waals surface area contributed by atoms with Crippen LogP contribution in [0.25, 0.3) is 11.3 Å². The van der Waals surface area contributed by atoms with E-state index in [1.807, 2.05) is 24.7 Å². The van der Waals surface area contributed by atoms with Gasteiger partial charge in [-0.3, -0.25) is 4.98 Å². The summed E-state index contributed by atoms with van der Waals surface area (Å²) in [6, 6.07) is 3.99. The van der Waals surface area contributed by atoms with Gasteiger partial charge in [0.05, 0.1) is 37.5 Å². The molecule has 1 saturated heterocycles. The van der Waals surface area contributed by atoms with Crippen molar-refractivity contribution in [1.82, 2.24) is 19.9 Å². The maximum atomic E-state index is 5.72. The molecule has 3 rings (SSSR count). The average Bonchev–Trinajstić information content (AvgIpc) is 2.89. The Hall–Kier alpha value is -1.72. The number of morpholine rings is 1. The van der Waals surface area contributed by atoms with Crippen molar-refractivity contribution in [2.24, 2.45) is 0 Å². The van der Waals surface area contributed by atoms with Gasteiger partial charge in [-0.15, -0.1) is 0 Å². The third kappa shape index (κ3) is 2.42. The van der Waals surface area contributed by atoms with E-state index in [4.69, 9.17) is 4.74 Å². The third-order valence-electron chi connectivity index (χ3n) is 3.09. The number of aromatic nitrogens is 3. The van der Waals surface area contributed by atoms with E-state index in [1.165, 1.54) is 0 Å². The van der Waals surface area contributed by atoms with E-state index in [-0.39, 0.29) is 6.10 Å². The minimum atomic E-state index is 0.216. The number of nitrogens with one attached hydrogen (secondary N) is 1. The molecule has 0 amide bonds. The molecule has 2 aromatic heterocycles. The third-order valence-corrected chi connectivity index (χ3v) is 3.09. The molecule has 5 heteroatoms. The monoisotopic (exact) mass is 244 g/mol. The first kappa shape index (κ1) is 11.4. The Morgan fingerprint density at radius 2 is 2.22 bits per heavy atom. The van der Waals surface area contributed by atoms with Crippen molar-refractivity contribution in [1.29, 1.82) is 0 Å². The fourth-order valence-corrected chi connectivity index (χ4v) is 2.19. The molecule has 0 radical (unpaired) electrons. The number of hydrogen-bond acceptors (Lipinski definition) is 4.